The standard InChI is InChI=1S/C6H4Cl2.C6H4N2O4/c7-5-3-1-2-4-6(5)8;9-7(10)5-3-1-2-4-6(5)8(11)12/h1-4H;1-4H. The van der Waals surface area contributed by atoms with Gasteiger partial charge in [0.25, 0.3) is 0 Å². The number of nitro benzene ring substituents is 2. The van der Waals surface area contributed by atoms with Crippen molar-refractivity contribution in [2.45, 2.75) is 0 Å². The van der Waals surface area contributed by atoms with Gasteiger partial charge in [0.2, 0.25) is 0 Å². The van der Waals surface area contributed by atoms with E-state index in [2.05, 4.69) is 0 Å². The molecule has 0 atom stereocenters. The van der Waals surface area contributed by atoms with Gasteiger partial charge in [-0.2, -0.15) is 0 Å². The zero-order valence-corrected chi connectivity index (χ0v) is 11.4. The number of nitro groups is 2. The second kappa shape index (κ2) is 7.42. The van der Waals surface area contributed by atoms with E-state index >= 15 is 0 Å². The molecule has 0 saturated carbocycles. The Labute approximate surface area is 123 Å². The SMILES string of the molecule is Clc1ccccc1Cl.O=[N+]([O-])c1ccccc1[N+](=O)[O-]. The van der Waals surface area contributed by atoms with Crippen molar-refractivity contribution in [1.82, 2.24) is 0 Å². The summed E-state index contributed by atoms with van der Waals surface area (Å²) in [6.07, 6.45) is 0. The third-order valence-corrected chi connectivity index (χ3v) is 2.86. The van der Waals surface area contributed by atoms with Gasteiger partial charge in [0.05, 0.1) is 19.9 Å². The first-order valence-electron chi connectivity index (χ1n) is 5.21. The summed E-state index contributed by atoms with van der Waals surface area (Å²) in [5.41, 5.74) is -0.968. The number of rotatable bonds is 2. The van der Waals surface area contributed by atoms with Crippen LogP contribution in [0.2, 0.25) is 10.0 Å². The first-order valence-corrected chi connectivity index (χ1v) is 5.97. The molecule has 0 amide bonds. The molecule has 2 aromatic carbocycles. The third-order valence-electron chi connectivity index (χ3n) is 2.10. The van der Waals surface area contributed by atoms with E-state index in [1.165, 1.54) is 12.1 Å². The minimum atomic E-state index is -0.780. The molecule has 6 nitrogen and oxygen atoms in total. The largest absolute Gasteiger partial charge is 0.346 e. The second-order valence-corrected chi connectivity index (χ2v) is 4.23. The maximum Gasteiger partial charge on any atom is 0.346 e. The van der Waals surface area contributed by atoms with Gasteiger partial charge in [-0.05, 0) is 12.1 Å². The molecule has 0 heterocycles. The second-order valence-electron chi connectivity index (χ2n) is 3.42. The fourth-order valence-electron chi connectivity index (χ4n) is 1.21. The zero-order valence-electron chi connectivity index (χ0n) is 9.90. The van der Waals surface area contributed by atoms with E-state index in [-0.39, 0.29) is 0 Å². The summed E-state index contributed by atoms with van der Waals surface area (Å²) in [7, 11) is 0. The smallest absolute Gasteiger partial charge is 0.258 e. The normalized spacial score (nSPS) is 9.30. The highest BCUT2D eigenvalue weighted by Gasteiger charge is 2.21. The lowest BCUT2D eigenvalue weighted by atomic mass is 10.3. The zero-order chi connectivity index (χ0) is 15.1. The van der Waals surface area contributed by atoms with Crippen LogP contribution in [0.3, 0.4) is 0 Å². The summed E-state index contributed by atoms with van der Waals surface area (Å²) in [6, 6.07) is 12.1. The Bertz CT molecular complexity index is 580. The van der Waals surface area contributed by atoms with Crippen LogP contribution in [0.25, 0.3) is 0 Å². The van der Waals surface area contributed by atoms with Crippen molar-refractivity contribution in [2.75, 3.05) is 0 Å². The number of halogens is 2. The molecule has 2 rings (SSSR count). The molecule has 8 heteroatoms. The number of hydrogen-bond acceptors (Lipinski definition) is 4. The molecule has 0 fully saturated rings. The molecule has 0 radical (unpaired) electrons. The highest BCUT2D eigenvalue weighted by atomic mass is 35.5. The summed E-state index contributed by atoms with van der Waals surface area (Å²) in [5, 5.41) is 21.7. The maximum atomic E-state index is 10.2. The van der Waals surface area contributed by atoms with Crippen molar-refractivity contribution >= 4 is 34.6 Å². The van der Waals surface area contributed by atoms with Crippen LogP contribution in [0.5, 0.6) is 0 Å². The molecule has 0 aliphatic rings. The van der Waals surface area contributed by atoms with Crippen molar-refractivity contribution in [3.63, 3.8) is 0 Å². The van der Waals surface area contributed by atoms with Gasteiger partial charge in [-0.25, -0.2) is 0 Å². The van der Waals surface area contributed by atoms with Crippen molar-refractivity contribution < 1.29 is 9.85 Å². The average Bonchev–Trinajstić information content (AvgIpc) is 2.43. The first kappa shape index (κ1) is 15.9. The highest BCUT2D eigenvalue weighted by Crippen LogP contribution is 2.24. The van der Waals surface area contributed by atoms with E-state index in [0.717, 1.165) is 12.1 Å². The lowest BCUT2D eigenvalue weighted by molar-refractivity contribution is -0.422. The van der Waals surface area contributed by atoms with Crippen LogP contribution in [0.15, 0.2) is 48.5 Å². The minimum absolute atomic E-state index is 0.484. The molecular weight excluding hydrogens is 307 g/mol. The van der Waals surface area contributed by atoms with Crippen LogP contribution in [-0.4, -0.2) is 9.85 Å². The Kier molecular flexibility index (Phi) is 5.89. The Morgan fingerprint density at radius 1 is 0.700 bits per heavy atom. The molecule has 2 aromatic rings. The molecule has 0 N–H and O–H groups in total. The van der Waals surface area contributed by atoms with E-state index in [0.29, 0.717) is 10.0 Å². The van der Waals surface area contributed by atoms with Gasteiger partial charge in [-0.3, -0.25) is 20.2 Å². The molecule has 104 valence electrons. The number of hydrogen-bond donors (Lipinski definition) is 0. The molecule has 0 spiro atoms. The van der Waals surface area contributed by atoms with Gasteiger partial charge in [-0.15, -0.1) is 0 Å². The predicted octanol–water partition coefficient (Wildman–Crippen LogP) is 4.50. The molecular formula is C12H8Cl2N2O4. The van der Waals surface area contributed by atoms with Gasteiger partial charge in [-0.1, -0.05) is 47.5 Å². The summed E-state index contributed by atoms with van der Waals surface area (Å²) < 4.78 is 0. The monoisotopic (exact) mass is 314 g/mol. The first-order chi connectivity index (χ1) is 9.43. The van der Waals surface area contributed by atoms with Gasteiger partial charge >= 0.3 is 11.4 Å². The molecule has 0 aliphatic heterocycles. The molecule has 0 unspecified atom stereocenters. The van der Waals surface area contributed by atoms with Gasteiger partial charge in [0.1, 0.15) is 0 Å². The Hall–Kier alpha value is -2.18. The fraction of sp³-hybridized carbons (Fsp3) is 0. The lowest BCUT2D eigenvalue weighted by Gasteiger charge is -1.91. The van der Waals surface area contributed by atoms with E-state index in [4.69, 9.17) is 23.2 Å². The fourth-order valence-corrected chi connectivity index (χ4v) is 1.48. The molecule has 0 aromatic heterocycles. The van der Waals surface area contributed by atoms with Gasteiger partial charge < -0.3 is 0 Å². The summed E-state index contributed by atoms with van der Waals surface area (Å²) in [4.78, 5) is 18.9. The lowest BCUT2D eigenvalue weighted by Crippen LogP contribution is -1.95. The van der Waals surface area contributed by atoms with Crippen LogP contribution in [0.4, 0.5) is 11.4 Å². The number of para-hydroxylation sites is 2. The summed E-state index contributed by atoms with van der Waals surface area (Å²) in [5.74, 6) is 0. The van der Waals surface area contributed by atoms with Crippen molar-refractivity contribution in [3.05, 3.63) is 78.8 Å². The van der Waals surface area contributed by atoms with Crippen LogP contribution < -0.4 is 0 Å². The highest BCUT2D eigenvalue weighted by molar-refractivity contribution is 6.41. The Morgan fingerprint density at radius 2 is 1.00 bits per heavy atom. The predicted molar refractivity (Wildman–Crippen MR) is 76.2 cm³/mol. The summed E-state index contributed by atoms with van der Waals surface area (Å²) >= 11 is 11.2. The van der Waals surface area contributed by atoms with Crippen molar-refractivity contribution in [1.29, 1.82) is 0 Å². The molecule has 0 saturated heterocycles. The maximum absolute atomic E-state index is 10.2. The third kappa shape index (κ3) is 4.49. The van der Waals surface area contributed by atoms with E-state index < -0.39 is 21.2 Å². The van der Waals surface area contributed by atoms with Gasteiger partial charge in [0.15, 0.2) is 0 Å². The summed E-state index contributed by atoms with van der Waals surface area (Å²) in [6.45, 7) is 0. The van der Waals surface area contributed by atoms with E-state index in [1.807, 2.05) is 12.1 Å². The molecule has 20 heavy (non-hydrogen) atoms. The molecule has 0 bridgehead atoms. The van der Waals surface area contributed by atoms with Gasteiger partial charge in [0, 0.05) is 12.1 Å². The van der Waals surface area contributed by atoms with Crippen molar-refractivity contribution in [3.8, 4) is 0 Å². The minimum Gasteiger partial charge on any atom is -0.258 e. The van der Waals surface area contributed by atoms with Crippen LogP contribution >= 0.6 is 23.2 Å². The Morgan fingerprint density at radius 3 is 1.25 bits per heavy atom. The van der Waals surface area contributed by atoms with E-state index in [1.54, 1.807) is 12.1 Å². The average molecular weight is 315 g/mol. The van der Waals surface area contributed by atoms with Crippen LogP contribution in [0.1, 0.15) is 0 Å². The quantitative estimate of drug-likeness (QED) is 0.603. The number of nitrogens with zero attached hydrogens (tertiary/aromatic N) is 2. The number of benzene rings is 2. The van der Waals surface area contributed by atoms with Crippen molar-refractivity contribution in [2.24, 2.45) is 0 Å². The topological polar surface area (TPSA) is 86.3 Å². The van der Waals surface area contributed by atoms with Crippen LogP contribution in [-0.2, 0) is 0 Å². The Balaban J connectivity index is 0.000000217. The van der Waals surface area contributed by atoms with Crippen LogP contribution in [0, 0.1) is 20.2 Å². The molecule has 0 aliphatic carbocycles. The van der Waals surface area contributed by atoms with E-state index in [9.17, 15) is 20.2 Å².